The maximum atomic E-state index is 12.0. The number of benzene rings is 1. The first-order valence-corrected chi connectivity index (χ1v) is 7.59. The third kappa shape index (κ3) is 3.80. The van der Waals surface area contributed by atoms with E-state index in [1.807, 2.05) is 32.0 Å². The van der Waals surface area contributed by atoms with Crippen molar-refractivity contribution in [2.45, 2.75) is 32.6 Å². The molecule has 0 atom stereocenters. The van der Waals surface area contributed by atoms with Gasteiger partial charge in [-0.15, -0.1) is 0 Å². The van der Waals surface area contributed by atoms with Crippen molar-refractivity contribution in [3.05, 3.63) is 35.5 Å². The highest BCUT2D eigenvalue weighted by Gasteiger charge is 2.14. The summed E-state index contributed by atoms with van der Waals surface area (Å²) in [5.41, 5.74) is 0.881. The van der Waals surface area contributed by atoms with Gasteiger partial charge in [-0.1, -0.05) is 25.1 Å². The SMILES string of the molecule is CC(C)c1noc(CCNC(=O)Cc2ccc3c(c2)OCO3)n1. The van der Waals surface area contributed by atoms with Gasteiger partial charge in [0.05, 0.1) is 6.42 Å². The molecule has 0 bridgehead atoms. The minimum Gasteiger partial charge on any atom is -0.454 e. The minimum atomic E-state index is -0.0625. The van der Waals surface area contributed by atoms with Crippen molar-refractivity contribution < 1.29 is 18.8 Å². The van der Waals surface area contributed by atoms with Crippen LogP contribution in [-0.2, 0) is 17.6 Å². The molecule has 1 aliphatic heterocycles. The molecule has 0 saturated carbocycles. The van der Waals surface area contributed by atoms with Crippen molar-refractivity contribution in [2.24, 2.45) is 0 Å². The van der Waals surface area contributed by atoms with Gasteiger partial charge in [-0.25, -0.2) is 0 Å². The lowest BCUT2D eigenvalue weighted by Gasteiger charge is -2.04. The van der Waals surface area contributed by atoms with Gasteiger partial charge < -0.3 is 19.3 Å². The molecule has 2 aromatic rings. The number of carbonyl (C=O) groups excluding carboxylic acids is 1. The topological polar surface area (TPSA) is 86.5 Å². The summed E-state index contributed by atoms with van der Waals surface area (Å²) in [6.07, 6.45) is 0.810. The van der Waals surface area contributed by atoms with E-state index in [-0.39, 0.29) is 25.0 Å². The van der Waals surface area contributed by atoms with Gasteiger partial charge in [0, 0.05) is 18.9 Å². The summed E-state index contributed by atoms with van der Waals surface area (Å²) < 4.78 is 15.7. The quantitative estimate of drug-likeness (QED) is 0.874. The van der Waals surface area contributed by atoms with Crippen LogP contribution in [-0.4, -0.2) is 29.4 Å². The van der Waals surface area contributed by atoms with Gasteiger partial charge in [0.2, 0.25) is 18.6 Å². The predicted molar refractivity (Wildman–Crippen MR) is 81.4 cm³/mol. The fourth-order valence-electron chi connectivity index (χ4n) is 2.21. The molecule has 0 fully saturated rings. The highest BCUT2D eigenvalue weighted by atomic mass is 16.7. The van der Waals surface area contributed by atoms with E-state index in [2.05, 4.69) is 15.5 Å². The van der Waals surface area contributed by atoms with E-state index in [1.165, 1.54) is 0 Å². The number of carbonyl (C=O) groups is 1. The Kier molecular flexibility index (Phi) is 4.45. The van der Waals surface area contributed by atoms with Crippen LogP contribution < -0.4 is 14.8 Å². The molecule has 0 saturated heterocycles. The Hall–Kier alpha value is -2.57. The van der Waals surface area contributed by atoms with Gasteiger partial charge in [0.25, 0.3) is 0 Å². The van der Waals surface area contributed by atoms with Crippen LogP contribution in [0.25, 0.3) is 0 Å². The largest absolute Gasteiger partial charge is 0.454 e. The summed E-state index contributed by atoms with van der Waals surface area (Å²) in [5.74, 6) is 2.79. The van der Waals surface area contributed by atoms with Gasteiger partial charge in [0.15, 0.2) is 17.3 Å². The molecule has 0 unspecified atom stereocenters. The number of hydrogen-bond acceptors (Lipinski definition) is 6. The third-order valence-electron chi connectivity index (χ3n) is 3.46. The first kappa shape index (κ1) is 15.3. The molecule has 1 aromatic carbocycles. The van der Waals surface area contributed by atoms with E-state index in [0.29, 0.717) is 36.2 Å². The van der Waals surface area contributed by atoms with Crippen molar-refractivity contribution in [3.63, 3.8) is 0 Å². The zero-order valence-corrected chi connectivity index (χ0v) is 13.2. The average molecular weight is 317 g/mol. The molecular weight excluding hydrogens is 298 g/mol. The molecule has 1 aromatic heterocycles. The summed E-state index contributed by atoms with van der Waals surface area (Å²) in [6.45, 7) is 4.69. The summed E-state index contributed by atoms with van der Waals surface area (Å²) in [4.78, 5) is 16.2. The van der Waals surface area contributed by atoms with Crippen LogP contribution in [0.2, 0.25) is 0 Å². The minimum absolute atomic E-state index is 0.0625. The lowest BCUT2D eigenvalue weighted by molar-refractivity contribution is -0.120. The van der Waals surface area contributed by atoms with Crippen molar-refractivity contribution in [1.29, 1.82) is 0 Å². The van der Waals surface area contributed by atoms with Gasteiger partial charge >= 0.3 is 0 Å². The number of amides is 1. The maximum Gasteiger partial charge on any atom is 0.231 e. The highest BCUT2D eigenvalue weighted by molar-refractivity contribution is 5.78. The lowest BCUT2D eigenvalue weighted by atomic mass is 10.1. The number of ether oxygens (including phenoxy) is 2. The van der Waals surface area contributed by atoms with E-state index >= 15 is 0 Å². The average Bonchev–Trinajstić information content (AvgIpc) is 3.15. The van der Waals surface area contributed by atoms with Gasteiger partial charge in [-0.05, 0) is 17.7 Å². The summed E-state index contributed by atoms with van der Waals surface area (Å²) >= 11 is 0. The van der Waals surface area contributed by atoms with Gasteiger partial charge in [0.1, 0.15) is 0 Å². The molecule has 7 nitrogen and oxygen atoms in total. The van der Waals surface area contributed by atoms with Crippen LogP contribution in [0.1, 0.15) is 37.0 Å². The third-order valence-corrected chi connectivity index (χ3v) is 3.46. The molecule has 0 aliphatic carbocycles. The Morgan fingerprint density at radius 2 is 2.13 bits per heavy atom. The van der Waals surface area contributed by atoms with Crippen molar-refractivity contribution >= 4 is 5.91 Å². The fourth-order valence-corrected chi connectivity index (χ4v) is 2.21. The molecule has 2 heterocycles. The van der Waals surface area contributed by atoms with Crippen LogP contribution in [0, 0.1) is 0 Å². The molecule has 1 N–H and O–H groups in total. The Morgan fingerprint density at radius 1 is 1.30 bits per heavy atom. The number of rotatable bonds is 6. The smallest absolute Gasteiger partial charge is 0.231 e. The zero-order chi connectivity index (χ0) is 16.2. The van der Waals surface area contributed by atoms with E-state index < -0.39 is 0 Å². The van der Waals surface area contributed by atoms with Crippen molar-refractivity contribution in [2.75, 3.05) is 13.3 Å². The number of aromatic nitrogens is 2. The second-order valence-corrected chi connectivity index (χ2v) is 5.67. The van der Waals surface area contributed by atoms with Crippen LogP contribution in [0.4, 0.5) is 0 Å². The van der Waals surface area contributed by atoms with Crippen LogP contribution in [0.15, 0.2) is 22.7 Å². The summed E-state index contributed by atoms with van der Waals surface area (Å²) in [6, 6.07) is 5.51. The molecule has 0 spiro atoms. The Morgan fingerprint density at radius 3 is 2.91 bits per heavy atom. The first-order chi connectivity index (χ1) is 11.1. The number of nitrogens with one attached hydrogen (secondary N) is 1. The van der Waals surface area contributed by atoms with Gasteiger partial charge in [-0.2, -0.15) is 4.98 Å². The van der Waals surface area contributed by atoms with E-state index in [4.69, 9.17) is 14.0 Å². The molecular formula is C16H19N3O4. The highest BCUT2D eigenvalue weighted by Crippen LogP contribution is 2.32. The fraction of sp³-hybridized carbons (Fsp3) is 0.438. The standard InChI is InChI=1S/C16H19N3O4/c1-10(2)16-18-15(23-19-16)5-6-17-14(20)8-11-3-4-12-13(7-11)22-9-21-12/h3-4,7,10H,5-6,8-9H2,1-2H3,(H,17,20). The number of hydrogen-bond donors (Lipinski definition) is 1. The number of nitrogens with zero attached hydrogens (tertiary/aromatic N) is 2. The second-order valence-electron chi connectivity index (χ2n) is 5.67. The number of fused-ring (bicyclic) bond motifs is 1. The molecule has 0 radical (unpaired) electrons. The Balaban J connectivity index is 1.46. The van der Waals surface area contributed by atoms with E-state index in [1.54, 1.807) is 0 Å². The molecule has 1 amide bonds. The normalized spacial score (nSPS) is 12.7. The van der Waals surface area contributed by atoms with Crippen LogP contribution >= 0.6 is 0 Å². The molecule has 1 aliphatic rings. The molecule has 23 heavy (non-hydrogen) atoms. The monoisotopic (exact) mass is 317 g/mol. The van der Waals surface area contributed by atoms with Gasteiger partial charge in [-0.3, -0.25) is 4.79 Å². The summed E-state index contributed by atoms with van der Waals surface area (Å²) in [7, 11) is 0. The predicted octanol–water partition coefficient (Wildman–Crippen LogP) is 1.82. The van der Waals surface area contributed by atoms with Crippen molar-refractivity contribution in [3.8, 4) is 11.5 Å². The first-order valence-electron chi connectivity index (χ1n) is 7.59. The summed E-state index contributed by atoms with van der Waals surface area (Å²) in [5, 5.41) is 6.74. The van der Waals surface area contributed by atoms with Crippen molar-refractivity contribution in [1.82, 2.24) is 15.5 Å². The van der Waals surface area contributed by atoms with E-state index in [0.717, 1.165) is 5.56 Å². The second kappa shape index (κ2) is 6.68. The van der Waals surface area contributed by atoms with Crippen LogP contribution in [0.3, 0.4) is 0 Å². The maximum absolute atomic E-state index is 12.0. The Bertz CT molecular complexity index is 696. The lowest BCUT2D eigenvalue weighted by Crippen LogP contribution is -2.27. The molecule has 122 valence electrons. The molecule has 3 rings (SSSR count). The van der Waals surface area contributed by atoms with E-state index in [9.17, 15) is 4.79 Å². The Labute approximate surface area is 134 Å². The zero-order valence-electron chi connectivity index (χ0n) is 13.2. The molecule has 7 heteroatoms. The van der Waals surface area contributed by atoms with Crippen LogP contribution in [0.5, 0.6) is 11.5 Å².